The van der Waals surface area contributed by atoms with Crippen LogP contribution in [0.1, 0.15) is 20.8 Å². The number of alkyl carbamates (subject to hydrolysis) is 1. The van der Waals surface area contributed by atoms with Crippen molar-refractivity contribution in [3.05, 3.63) is 23.2 Å². The quantitative estimate of drug-likeness (QED) is 0.774. The van der Waals surface area contributed by atoms with Gasteiger partial charge in [0.05, 0.1) is 5.02 Å². The average Bonchev–Trinajstić information content (AvgIpc) is 2.35. The van der Waals surface area contributed by atoms with E-state index in [-0.39, 0.29) is 10.8 Å². The van der Waals surface area contributed by atoms with Gasteiger partial charge in [-0.15, -0.1) is 0 Å². The largest absolute Gasteiger partial charge is 0.444 e. The standard InChI is InChI=1S/C14H19ClF2N2O3/c1-14(2,3)22-13(20)19-7-6-18-9-4-5-11(10(15)8-9)21-12(16)17/h4-5,8,12,18H,6-7H2,1-3H3,(H,19,20). The lowest BCUT2D eigenvalue weighted by Crippen LogP contribution is -2.34. The molecule has 8 heteroatoms. The predicted octanol–water partition coefficient (Wildman–Crippen LogP) is 3.88. The second-order valence-corrected chi connectivity index (χ2v) is 5.79. The summed E-state index contributed by atoms with van der Waals surface area (Å²) in [7, 11) is 0. The maximum Gasteiger partial charge on any atom is 0.407 e. The van der Waals surface area contributed by atoms with Crippen LogP contribution in [0.4, 0.5) is 19.3 Å². The predicted molar refractivity (Wildman–Crippen MR) is 80.8 cm³/mol. The third kappa shape index (κ3) is 7.31. The first kappa shape index (κ1) is 18.3. The summed E-state index contributed by atoms with van der Waals surface area (Å²) in [6.45, 7) is 3.16. The van der Waals surface area contributed by atoms with Gasteiger partial charge in [-0.2, -0.15) is 8.78 Å². The first-order chi connectivity index (χ1) is 10.2. The molecule has 0 aliphatic carbocycles. The van der Waals surface area contributed by atoms with Crippen LogP contribution in [0.5, 0.6) is 5.75 Å². The zero-order valence-electron chi connectivity index (χ0n) is 12.6. The number of nitrogens with one attached hydrogen (secondary N) is 2. The molecule has 0 radical (unpaired) electrons. The van der Waals surface area contributed by atoms with Crippen molar-refractivity contribution < 1.29 is 23.0 Å². The molecule has 0 bridgehead atoms. The van der Waals surface area contributed by atoms with Crippen molar-refractivity contribution in [3.63, 3.8) is 0 Å². The molecule has 0 aliphatic heterocycles. The third-order valence-electron chi connectivity index (χ3n) is 2.27. The zero-order chi connectivity index (χ0) is 16.8. The van der Waals surface area contributed by atoms with Gasteiger partial charge in [-0.05, 0) is 39.0 Å². The molecule has 0 unspecified atom stereocenters. The van der Waals surface area contributed by atoms with Crippen molar-refractivity contribution in [2.45, 2.75) is 33.0 Å². The Morgan fingerprint density at radius 1 is 1.32 bits per heavy atom. The molecule has 0 fully saturated rings. The van der Waals surface area contributed by atoms with Gasteiger partial charge in [-0.25, -0.2) is 4.79 Å². The molecule has 2 N–H and O–H groups in total. The minimum absolute atomic E-state index is 0.0744. The maximum atomic E-state index is 12.1. The lowest BCUT2D eigenvalue weighted by molar-refractivity contribution is -0.0497. The fraction of sp³-hybridized carbons (Fsp3) is 0.500. The molecular weight excluding hydrogens is 318 g/mol. The summed E-state index contributed by atoms with van der Waals surface area (Å²) in [6.07, 6.45) is -0.506. The summed E-state index contributed by atoms with van der Waals surface area (Å²) in [6, 6.07) is 4.36. The van der Waals surface area contributed by atoms with Gasteiger partial charge in [-0.3, -0.25) is 0 Å². The van der Waals surface area contributed by atoms with Crippen molar-refractivity contribution >= 4 is 23.4 Å². The average molecular weight is 337 g/mol. The van der Waals surface area contributed by atoms with E-state index in [0.29, 0.717) is 18.8 Å². The van der Waals surface area contributed by atoms with Crippen LogP contribution in [-0.4, -0.2) is 31.4 Å². The fourth-order valence-electron chi connectivity index (χ4n) is 1.49. The van der Waals surface area contributed by atoms with E-state index in [0.717, 1.165) is 0 Å². The van der Waals surface area contributed by atoms with Gasteiger partial charge in [0, 0.05) is 18.8 Å². The zero-order valence-corrected chi connectivity index (χ0v) is 13.3. The monoisotopic (exact) mass is 336 g/mol. The summed E-state index contributed by atoms with van der Waals surface area (Å²) in [5.74, 6) is -0.0888. The van der Waals surface area contributed by atoms with Crippen molar-refractivity contribution in [2.24, 2.45) is 0 Å². The maximum absolute atomic E-state index is 12.1. The van der Waals surface area contributed by atoms with E-state index >= 15 is 0 Å². The fourth-order valence-corrected chi connectivity index (χ4v) is 1.71. The number of carbonyl (C=O) groups is 1. The molecular formula is C14H19ClF2N2O3. The molecule has 124 valence electrons. The number of alkyl halides is 2. The van der Waals surface area contributed by atoms with Crippen LogP contribution in [0, 0.1) is 0 Å². The molecule has 0 saturated carbocycles. The SMILES string of the molecule is CC(C)(C)OC(=O)NCCNc1ccc(OC(F)F)c(Cl)c1. The van der Waals surface area contributed by atoms with E-state index in [9.17, 15) is 13.6 Å². The van der Waals surface area contributed by atoms with Crippen LogP contribution < -0.4 is 15.4 Å². The summed E-state index contributed by atoms with van der Waals surface area (Å²) in [5, 5.41) is 5.64. The van der Waals surface area contributed by atoms with Crippen LogP contribution in [0.15, 0.2) is 18.2 Å². The Kier molecular flexibility index (Phi) is 6.67. The van der Waals surface area contributed by atoms with Crippen LogP contribution in [0.25, 0.3) is 0 Å². The molecule has 1 aromatic rings. The van der Waals surface area contributed by atoms with E-state index in [2.05, 4.69) is 15.4 Å². The summed E-state index contributed by atoms with van der Waals surface area (Å²) in [5.41, 5.74) is 0.0728. The van der Waals surface area contributed by atoms with Gasteiger partial charge >= 0.3 is 12.7 Å². The summed E-state index contributed by atoms with van der Waals surface area (Å²) < 4.78 is 33.5. The van der Waals surface area contributed by atoms with E-state index in [1.165, 1.54) is 12.1 Å². The highest BCUT2D eigenvalue weighted by atomic mass is 35.5. The summed E-state index contributed by atoms with van der Waals surface area (Å²) >= 11 is 5.82. The van der Waals surface area contributed by atoms with Crippen LogP contribution in [0.2, 0.25) is 5.02 Å². The highest BCUT2D eigenvalue weighted by Crippen LogP contribution is 2.28. The second-order valence-electron chi connectivity index (χ2n) is 5.38. The number of amides is 1. The first-order valence-electron chi connectivity index (χ1n) is 6.62. The number of hydrogen-bond acceptors (Lipinski definition) is 4. The Morgan fingerprint density at radius 2 is 2.00 bits per heavy atom. The van der Waals surface area contributed by atoms with E-state index in [1.54, 1.807) is 26.8 Å². The molecule has 1 aromatic carbocycles. The molecule has 0 saturated heterocycles. The molecule has 22 heavy (non-hydrogen) atoms. The molecule has 0 aromatic heterocycles. The molecule has 5 nitrogen and oxygen atoms in total. The number of ether oxygens (including phenoxy) is 2. The van der Waals surface area contributed by atoms with Gasteiger partial charge in [-0.1, -0.05) is 11.6 Å². The minimum atomic E-state index is -2.92. The molecule has 1 rings (SSSR count). The van der Waals surface area contributed by atoms with Gasteiger partial charge in [0.15, 0.2) is 0 Å². The number of anilines is 1. The Morgan fingerprint density at radius 3 is 2.55 bits per heavy atom. The Labute approximate surface area is 132 Å². The molecule has 1 amide bonds. The number of carbonyl (C=O) groups excluding carboxylic acids is 1. The minimum Gasteiger partial charge on any atom is -0.444 e. The number of benzene rings is 1. The Hall–Kier alpha value is -1.76. The number of halogens is 3. The van der Waals surface area contributed by atoms with E-state index < -0.39 is 18.3 Å². The second kappa shape index (κ2) is 8.03. The van der Waals surface area contributed by atoms with E-state index in [1.807, 2.05) is 0 Å². The topological polar surface area (TPSA) is 59.6 Å². The van der Waals surface area contributed by atoms with Gasteiger partial charge in [0.1, 0.15) is 11.4 Å². The number of rotatable bonds is 6. The van der Waals surface area contributed by atoms with Gasteiger partial charge < -0.3 is 20.1 Å². The molecule has 0 spiro atoms. The van der Waals surface area contributed by atoms with E-state index in [4.69, 9.17) is 16.3 Å². The first-order valence-corrected chi connectivity index (χ1v) is 7.00. The lowest BCUT2D eigenvalue weighted by atomic mass is 10.2. The normalized spacial score (nSPS) is 11.2. The smallest absolute Gasteiger partial charge is 0.407 e. The Bertz CT molecular complexity index is 507. The summed E-state index contributed by atoms with van der Waals surface area (Å²) in [4.78, 5) is 11.4. The van der Waals surface area contributed by atoms with Crippen LogP contribution >= 0.6 is 11.6 Å². The number of hydrogen-bond donors (Lipinski definition) is 2. The third-order valence-corrected chi connectivity index (χ3v) is 2.57. The van der Waals surface area contributed by atoms with Crippen molar-refractivity contribution in [1.82, 2.24) is 5.32 Å². The highest BCUT2D eigenvalue weighted by Gasteiger charge is 2.15. The van der Waals surface area contributed by atoms with Crippen LogP contribution in [0.3, 0.4) is 0 Å². The van der Waals surface area contributed by atoms with Gasteiger partial charge in [0.25, 0.3) is 0 Å². The molecule has 0 aliphatic rings. The molecule has 0 atom stereocenters. The van der Waals surface area contributed by atoms with Crippen LogP contribution in [-0.2, 0) is 4.74 Å². The van der Waals surface area contributed by atoms with Crippen molar-refractivity contribution in [1.29, 1.82) is 0 Å². The molecule has 0 heterocycles. The highest BCUT2D eigenvalue weighted by molar-refractivity contribution is 6.32. The van der Waals surface area contributed by atoms with Gasteiger partial charge in [0.2, 0.25) is 0 Å². The lowest BCUT2D eigenvalue weighted by Gasteiger charge is -2.19. The Balaban J connectivity index is 2.36. The van der Waals surface area contributed by atoms with Crippen molar-refractivity contribution in [3.8, 4) is 5.75 Å². The van der Waals surface area contributed by atoms with Crippen molar-refractivity contribution in [2.75, 3.05) is 18.4 Å².